The molecule has 2 heterocycles. The molecule has 0 aromatic carbocycles. The minimum absolute atomic E-state index is 0.601. The summed E-state index contributed by atoms with van der Waals surface area (Å²) in [5.74, 6) is 2.48. The molecule has 0 bridgehead atoms. The monoisotopic (exact) mass is 253 g/mol. The van der Waals surface area contributed by atoms with Gasteiger partial charge in [0.25, 0.3) is 0 Å². The summed E-state index contributed by atoms with van der Waals surface area (Å²) in [6, 6.07) is 1.95. The van der Waals surface area contributed by atoms with Gasteiger partial charge in [0.05, 0.1) is 10.2 Å². The number of piperidine rings is 1. The Morgan fingerprint density at radius 2 is 2.14 bits per heavy atom. The van der Waals surface area contributed by atoms with Gasteiger partial charge >= 0.3 is 0 Å². The maximum Gasteiger partial charge on any atom is 0.125 e. The number of nitrogen functional groups attached to an aromatic ring is 1. The number of aromatic nitrogens is 1. The summed E-state index contributed by atoms with van der Waals surface area (Å²) in [5.41, 5.74) is 6.88. The highest BCUT2D eigenvalue weighted by Gasteiger charge is 2.45. The van der Waals surface area contributed by atoms with Crippen molar-refractivity contribution in [2.24, 2.45) is 11.8 Å². The topological polar surface area (TPSA) is 42.1 Å². The van der Waals surface area contributed by atoms with Gasteiger partial charge in [0.15, 0.2) is 0 Å². The number of rotatable bonds is 1. The van der Waals surface area contributed by atoms with E-state index in [2.05, 4.69) is 25.8 Å². The first-order valence-electron chi connectivity index (χ1n) is 4.90. The lowest BCUT2D eigenvalue weighted by molar-refractivity contribution is 0.817. The van der Waals surface area contributed by atoms with E-state index in [9.17, 15) is 0 Å². The Hall–Kier alpha value is -0.770. The summed E-state index contributed by atoms with van der Waals surface area (Å²) in [4.78, 5) is 6.45. The second kappa shape index (κ2) is 2.86. The van der Waals surface area contributed by atoms with Gasteiger partial charge in [0, 0.05) is 25.4 Å². The van der Waals surface area contributed by atoms with Gasteiger partial charge in [-0.1, -0.05) is 0 Å². The zero-order valence-electron chi connectivity index (χ0n) is 7.78. The molecule has 1 aliphatic carbocycles. The fourth-order valence-corrected chi connectivity index (χ4v) is 2.75. The van der Waals surface area contributed by atoms with E-state index >= 15 is 0 Å². The number of hydrogen-bond acceptors (Lipinski definition) is 3. The molecule has 2 fully saturated rings. The smallest absolute Gasteiger partial charge is 0.125 e. The van der Waals surface area contributed by atoms with E-state index in [4.69, 9.17) is 5.73 Å². The van der Waals surface area contributed by atoms with Crippen LogP contribution in [0.5, 0.6) is 0 Å². The molecule has 2 aliphatic rings. The van der Waals surface area contributed by atoms with Gasteiger partial charge in [-0.3, -0.25) is 0 Å². The normalized spacial score (nSPS) is 29.1. The number of nitrogens with zero attached hydrogens (tertiary/aromatic N) is 2. The van der Waals surface area contributed by atoms with Crippen molar-refractivity contribution in [2.75, 3.05) is 23.7 Å². The first-order chi connectivity index (χ1) is 6.74. The van der Waals surface area contributed by atoms with Gasteiger partial charge in [-0.15, -0.1) is 0 Å². The van der Waals surface area contributed by atoms with Crippen molar-refractivity contribution >= 4 is 27.4 Å². The van der Waals surface area contributed by atoms with E-state index in [1.165, 1.54) is 25.2 Å². The molecule has 3 rings (SSSR count). The van der Waals surface area contributed by atoms with Crippen LogP contribution in [0, 0.1) is 11.8 Å². The first-order valence-corrected chi connectivity index (χ1v) is 5.69. The second-order valence-electron chi connectivity index (χ2n) is 4.22. The largest absolute Gasteiger partial charge is 0.384 e. The highest BCUT2D eigenvalue weighted by molar-refractivity contribution is 9.10. The highest BCUT2D eigenvalue weighted by atomic mass is 79.9. The summed E-state index contributed by atoms with van der Waals surface area (Å²) in [5, 5.41) is 0. The summed E-state index contributed by atoms with van der Waals surface area (Å²) in [6.07, 6.45) is 3.21. The number of anilines is 2. The van der Waals surface area contributed by atoms with E-state index in [1.54, 1.807) is 6.20 Å². The van der Waals surface area contributed by atoms with Gasteiger partial charge < -0.3 is 10.6 Å². The maximum absolute atomic E-state index is 5.68. The number of nitrogens with two attached hydrogens (primary N) is 1. The van der Waals surface area contributed by atoms with Gasteiger partial charge in [-0.05, 0) is 34.2 Å². The van der Waals surface area contributed by atoms with Gasteiger partial charge in [-0.25, -0.2) is 4.98 Å². The van der Waals surface area contributed by atoms with Crippen LogP contribution in [0.15, 0.2) is 16.7 Å². The summed E-state index contributed by atoms with van der Waals surface area (Å²) < 4.78 is 1.05. The summed E-state index contributed by atoms with van der Waals surface area (Å²) in [6.45, 7) is 2.37. The number of halogens is 1. The molecule has 4 heteroatoms. The van der Waals surface area contributed by atoms with E-state index in [0.717, 1.165) is 16.3 Å². The van der Waals surface area contributed by atoms with Crippen LogP contribution in [-0.2, 0) is 0 Å². The number of pyridine rings is 1. The molecular weight excluding hydrogens is 242 g/mol. The lowest BCUT2D eigenvalue weighted by atomic mass is 10.3. The van der Waals surface area contributed by atoms with Gasteiger partial charge in [-0.2, -0.15) is 0 Å². The Balaban J connectivity index is 1.91. The minimum atomic E-state index is 0.601. The zero-order chi connectivity index (χ0) is 9.71. The van der Waals surface area contributed by atoms with Crippen LogP contribution >= 0.6 is 15.9 Å². The van der Waals surface area contributed by atoms with Crippen molar-refractivity contribution < 1.29 is 0 Å². The molecule has 1 saturated heterocycles. The van der Waals surface area contributed by atoms with Crippen LogP contribution in [0.2, 0.25) is 0 Å². The van der Waals surface area contributed by atoms with Gasteiger partial charge in [0.2, 0.25) is 0 Å². The standard InChI is InChI=1S/C10H12BrN3/c11-8-3-13-10(12)2-9(8)14-4-6-1-7(6)5-14/h2-3,6-7H,1,4-5H2,(H2,12,13). The molecule has 2 unspecified atom stereocenters. The number of fused-ring (bicyclic) bond motifs is 1. The van der Waals surface area contributed by atoms with Crippen LogP contribution in [0.3, 0.4) is 0 Å². The predicted molar refractivity (Wildman–Crippen MR) is 60.2 cm³/mol. The second-order valence-corrected chi connectivity index (χ2v) is 5.08. The zero-order valence-corrected chi connectivity index (χ0v) is 9.37. The Morgan fingerprint density at radius 1 is 1.43 bits per heavy atom. The summed E-state index contributed by atoms with van der Waals surface area (Å²) >= 11 is 3.52. The van der Waals surface area contributed by atoms with Crippen molar-refractivity contribution in [2.45, 2.75) is 6.42 Å². The molecule has 14 heavy (non-hydrogen) atoms. The molecule has 1 aromatic rings. The van der Waals surface area contributed by atoms with Gasteiger partial charge in [0.1, 0.15) is 5.82 Å². The lowest BCUT2D eigenvalue weighted by Crippen LogP contribution is -2.22. The summed E-state index contributed by atoms with van der Waals surface area (Å²) in [7, 11) is 0. The van der Waals surface area contributed by atoms with Crippen molar-refractivity contribution in [1.82, 2.24) is 4.98 Å². The highest BCUT2D eigenvalue weighted by Crippen LogP contribution is 2.47. The van der Waals surface area contributed by atoms with Crippen LogP contribution in [0.1, 0.15) is 6.42 Å². The fourth-order valence-electron chi connectivity index (χ4n) is 2.28. The maximum atomic E-state index is 5.68. The Bertz CT molecular complexity index is 370. The van der Waals surface area contributed by atoms with Crippen molar-refractivity contribution in [3.63, 3.8) is 0 Å². The third-order valence-corrected chi connectivity index (χ3v) is 3.79. The van der Waals surface area contributed by atoms with E-state index in [1.807, 2.05) is 6.07 Å². The quantitative estimate of drug-likeness (QED) is 0.832. The minimum Gasteiger partial charge on any atom is -0.384 e. The van der Waals surface area contributed by atoms with E-state index in [0.29, 0.717) is 5.82 Å². The Kier molecular flexibility index (Phi) is 1.74. The third-order valence-electron chi connectivity index (χ3n) is 3.18. The van der Waals surface area contributed by atoms with Crippen LogP contribution in [0.4, 0.5) is 11.5 Å². The average Bonchev–Trinajstić information content (AvgIpc) is 2.78. The Labute approximate surface area is 91.4 Å². The SMILES string of the molecule is Nc1cc(N2CC3CC3C2)c(Br)cn1. The average molecular weight is 254 g/mol. The molecule has 2 atom stereocenters. The Morgan fingerprint density at radius 3 is 2.86 bits per heavy atom. The lowest BCUT2D eigenvalue weighted by Gasteiger charge is -2.21. The molecule has 1 saturated carbocycles. The molecule has 3 nitrogen and oxygen atoms in total. The number of hydrogen-bond donors (Lipinski definition) is 1. The molecule has 0 amide bonds. The molecule has 74 valence electrons. The van der Waals surface area contributed by atoms with E-state index in [-0.39, 0.29) is 0 Å². The van der Waals surface area contributed by atoms with Crippen molar-refractivity contribution in [1.29, 1.82) is 0 Å². The first kappa shape index (κ1) is 8.53. The van der Waals surface area contributed by atoms with Crippen LogP contribution < -0.4 is 10.6 Å². The van der Waals surface area contributed by atoms with Crippen LogP contribution in [-0.4, -0.2) is 18.1 Å². The molecule has 0 radical (unpaired) electrons. The van der Waals surface area contributed by atoms with Crippen molar-refractivity contribution in [3.05, 3.63) is 16.7 Å². The molecule has 1 aromatic heterocycles. The van der Waals surface area contributed by atoms with Crippen LogP contribution in [0.25, 0.3) is 0 Å². The predicted octanol–water partition coefficient (Wildman–Crippen LogP) is 1.88. The fraction of sp³-hybridized carbons (Fsp3) is 0.500. The molecule has 2 N–H and O–H groups in total. The van der Waals surface area contributed by atoms with Crippen molar-refractivity contribution in [3.8, 4) is 0 Å². The molecule has 1 aliphatic heterocycles. The molecule has 0 spiro atoms. The third kappa shape index (κ3) is 1.29. The van der Waals surface area contributed by atoms with E-state index < -0.39 is 0 Å². The molecular formula is C10H12BrN3.